The van der Waals surface area contributed by atoms with Crippen molar-refractivity contribution >= 4 is 0 Å². The van der Waals surface area contributed by atoms with Gasteiger partial charge < -0.3 is 5.11 Å². The molecular weight excluding hydrogens is 239 g/mol. The molecule has 1 N–H and O–H groups in total. The number of hydrogen-bond donors (Lipinski definition) is 1. The van der Waals surface area contributed by atoms with E-state index in [2.05, 4.69) is 6.92 Å². The Hall–Kier alpha value is -1.67. The van der Waals surface area contributed by atoms with Crippen molar-refractivity contribution in [1.29, 1.82) is 0 Å². The SMILES string of the molecule is CCC(CO)(Cc1cccc(F)c1)c1ccccc1. The summed E-state index contributed by atoms with van der Waals surface area (Å²) in [5.74, 6) is -0.228. The van der Waals surface area contributed by atoms with Gasteiger partial charge in [0, 0.05) is 5.41 Å². The highest BCUT2D eigenvalue weighted by Crippen LogP contribution is 2.31. The fourth-order valence-electron chi connectivity index (χ4n) is 2.52. The van der Waals surface area contributed by atoms with E-state index in [1.165, 1.54) is 6.07 Å². The Morgan fingerprint density at radius 2 is 1.79 bits per heavy atom. The van der Waals surface area contributed by atoms with E-state index in [1.54, 1.807) is 12.1 Å². The molecule has 100 valence electrons. The van der Waals surface area contributed by atoms with Crippen LogP contribution in [0.15, 0.2) is 54.6 Å². The molecule has 0 aromatic heterocycles. The van der Waals surface area contributed by atoms with Crippen molar-refractivity contribution in [3.8, 4) is 0 Å². The third-order valence-electron chi connectivity index (χ3n) is 3.80. The predicted molar refractivity (Wildman–Crippen MR) is 75.6 cm³/mol. The molecule has 0 fully saturated rings. The zero-order chi connectivity index (χ0) is 13.7. The second-order valence-electron chi connectivity index (χ2n) is 4.96. The van der Waals surface area contributed by atoms with E-state index in [0.29, 0.717) is 6.42 Å². The van der Waals surface area contributed by atoms with Crippen LogP contribution in [0.2, 0.25) is 0 Å². The highest BCUT2D eigenvalue weighted by atomic mass is 19.1. The Balaban J connectivity index is 2.35. The zero-order valence-corrected chi connectivity index (χ0v) is 11.1. The van der Waals surface area contributed by atoms with Crippen molar-refractivity contribution < 1.29 is 9.50 Å². The fourth-order valence-corrected chi connectivity index (χ4v) is 2.52. The van der Waals surface area contributed by atoms with Gasteiger partial charge in [0.15, 0.2) is 0 Å². The van der Waals surface area contributed by atoms with Crippen molar-refractivity contribution in [3.63, 3.8) is 0 Å². The summed E-state index contributed by atoms with van der Waals surface area (Å²) in [7, 11) is 0. The van der Waals surface area contributed by atoms with E-state index in [4.69, 9.17) is 0 Å². The number of rotatable bonds is 5. The van der Waals surface area contributed by atoms with Crippen LogP contribution in [0.5, 0.6) is 0 Å². The van der Waals surface area contributed by atoms with Crippen LogP contribution < -0.4 is 0 Å². The van der Waals surface area contributed by atoms with Crippen molar-refractivity contribution in [2.45, 2.75) is 25.2 Å². The number of benzene rings is 2. The van der Waals surface area contributed by atoms with Crippen LogP contribution in [0.4, 0.5) is 4.39 Å². The first-order valence-corrected chi connectivity index (χ1v) is 6.61. The summed E-state index contributed by atoms with van der Waals surface area (Å²) in [6.45, 7) is 2.12. The summed E-state index contributed by atoms with van der Waals surface area (Å²) in [4.78, 5) is 0. The molecule has 1 unspecified atom stereocenters. The van der Waals surface area contributed by atoms with Crippen molar-refractivity contribution in [1.82, 2.24) is 0 Å². The van der Waals surface area contributed by atoms with E-state index in [9.17, 15) is 9.50 Å². The second kappa shape index (κ2) is 5.98. The molecule has 0 spiro atoms. The van der Waals surface area contributed by atoms with Gasteiger partial charge in [0.25, 0.3) is 0 Å². The van der Waals surface area contributed by atoms with E-state index in [0.717, 1.165) is 17.5 Å². The van der Waals surface area contributed by atoms with E-state index >= 15 is 0 Å². The quantitative estimate of drug-likeness (QED) is 0.866. The second-order valence-corrected chi connectivity index (χ2v) is 4.96. The third-order valence-corrected chi connectivity index (χ3v) is 3.80. The summed E-state index contributed by atoms with van der Waals surface area (Å²) in [6.07, 6.45) is 1.45. The molecule has 0 bridgehead atoms. The highest BCUT2D eigenvalue weighted by Gasteiger charge is 2.29. The number of aliphatic hydroxyl groups excluding tert-OH is 1. The lowest BCUT2D eigenvalue weighted by Gasteiger charge is -2.31. The third kappa shape index (κ3) is 3.02. The van der Waals surface area contributed by atoms with Crippen LogP contribution in [-0.2, 0) is 11.8 Å². The maximum atomic E-state index is 13.3. The van der Waals surface area contributed by atoms with Crippen LogP contribution in [0.3, 0.4) is 0 Å². The van der Waals surface area contributed by atoms with E-state index in [1.807, 2.05) is 36.4 Å². The van der Waals surface area contributed by atoms with Crippen molar-refractivity contribution in [2.24, 2.45) is 0 Å². The Bertz CT molecular complexity index is 518. The first-order valence-electron chi connectivity index (χ1n) is 6.61. The molecule has 2 aromatic carbocycles. The lowest BCUT2D eigenvalue weighted by Crippen LogP contribution is -2.32. The summed E-state index contributed by atoms with van der Waals surface area (Å²) >= 11 is 0. The van der Waals surface area contributed by atoms with Crippen molar-refractivity contribution in [2.75, 3.05) is 6.61 Å². The molecular formula is C17H19FO. The Kier molecular flexibility index (Phi) is 4.33. The zero-order valence-electron chi connectivity index (χ0n) is 11.1. The minimum Gasteiger partial charge on any atom is -0.395 e. The molecule has 0 aliphatic heterocycles. The Labute approximate surface area is 113 Å². The smallest absolute Gasteiger partial charge is 0.123 e. The molecule has 0 aliphatic carbocycles. The van der Waals surface area contributed by atoms with Crippen LogP contribution in [-0.4, -0.2) is 11.7 Å². The predicted octanol–water partition coefficient (Wildman–Crippen LogP) is 3.71. The largest absolute Gasteiger partial charge is 0.395 e. The lowest BCUT2D eigenvalue weighted by atomic mass is 9.74. The molecule has 0 heterocycles. The summed E-state index contributed by atoms with van der Waals surface area (Å²) in [5.41, 5.74) is 1.68. The van der Waals surface area contributed by atoms with Gasteiger partial charge in [-0.1, -0.05) is 49.4 Å². The average Bonchev–Trinajstić information content (AvgIpc) is 2.46. The summed E-state index contributed by atoms with van der Waals surface area (Å²) < 4.78 is 13.3. The highest BCUT2D eigenvalue weighted by molar-refractivity contribution is 5.30. The molecule has 19 heavy (non-hydrogen) atoms. The van der Waals surface area contributed by atoms with Gasteiger partial charge in [-0.3, -0.25) is 0 Å². The van der Waals surface area contributed by atoms with Gasteiger partial charge in [0.1, 0.15) is 5.82 Å². The van der Waals surface area contributed by atoms with Crippen LogP contribution >= 0.6 is 0 Å². The van der Waals surface area contributed by atoms with Crippen LogP contribution in [0.1, 0.15) is 24.5 Å². The monoisotopic (exact) mass is 258 g/mol. The van der Waals surface area contributed by atoms with E-state index in [-0.39, 0.29) is 17.8 Å². The number of halogens is 1. The van der Waals surface area contributed by atoms with Gasteiger partial charge in [-0.2, -0.15) is 0 Å². The van der Waals surface area contributed by atoms with Gasteiger partial charge >= 0.3 is 0 Å². The van der Waals surface area contributed by atoms with Gasteiger partial charge in [0.2, 0.25) is 0 Å². The minimum absolute atomic E-state index is 0.0596. The molecule has 1 nitrogen and oxygen atoms in total. The fraction of sp³-hybridized carbons (Fsp3) is 0.294. The summed E-state index contributed by atoms with van der Waals surface area (Å²) in [6, 6.07) is 16.6. The van der Waals surface area contributed by atoms with Gasteiger partial charge in [-0.05, 0) is 36.1 Å². The first kappa shape index (κ1) is 13.8. The average molecular weight is 258 g/mol. The maximum Gasteiger partial charge on any atom is 0.123 e. The topological polar surface area (TPSA) is 20.2 Å². The molecule has 0 radical (unpaired) electrons. The molecule has 0 saturated heterocycles. The van der Waals surface area contributed by atoms with Gasteiger partial charge in [-0.15, -0.1) is 0 Å². The molecule has 0 aliphatic rings. The molecule has 2 heteroatoms. The van der Waals surface area contributed by atoms with Gasteiger partial charge in [-0.25, -0.2) is 4.39 Å². The maximum absolute atomic E-state index is 13.3. The first-order chi connectivity index (χ1) is 9.20. The van der Waals surface area contributed by atoms with E-state index < -0.39 is 0 Å². The molecule has 0 amide bonds. The van der Waals surface area contributed by atoms with Crippen LogP contribution in [0, 0.1) is 5.82 Å². The van der Waals surface area contributed by atoms with Crippen LogP contribution in [0.25, 0.3) is 0 Å². The lowest BCUT2D eigenvalue weighted by molar-refractivity contribution is 0.186. The standard InChI is InChI=1S/C17H19FO/c1-2-17(13-19,15-8-4-3-5-9-15)12-14-7-6-10-16(18)11-14/h3-11,19H,2,12-13H2,1H3. The summed E-state index contributed by atoms with van der Waals surface area (Å²) in [5, 5.41) is 9.87. The Morgan fingerprint density at radius 3 is 2.37 bits per heavy atom. The minimum atomic E-state index is -0.338. The number of aliphatic hydroxyl groups is 1. The van der Waals surface area contributed by atoms with Crippen molar-refractivity contribution in [3.05, 3.63) is 71.5 Å². The Morgan fingerprint density at radius 1 is 1.05 bits per heavy atom. The molecule has 2 aromatic rings. The number of hydrogen-bond acceptors (Lipinski definition) is 1. The molecule has 1 atom stereocenters. The normalized spacial score (nSPS) is 14.1. The molecule has 0 saturated carbocycles. The molecule has 2 rings (SSSR count). The van der Waals surface area contributed by atoms with Gasteiger partial charge in [0.05, 0.1) is 6.61 Å².